The number of nitrogens with one attached hydrogen (secondary N) is 1. The normalized spacial score (nSPS) is 10.3. The summed E-state index contributed by atoms with van der Waals surface area (Å²) in [6.45, 7) is 0.854. The minimum atomic E-state index is -0.244. The van der Waals surface area contributed by atoms with Gasteiger partial charge in [0.15, 0.2) is 0 Å². The van der Waals surface area contributed by atoms with E-state index in [1.54, 1.807) is 37.6 Å². The van der Waals surface area contributed by atoms with Crippen LogP contribution in [-0.2, 0) is 4.74 Å². The van der Waals surface area contributed by atoms with Gasteiger partial charge in [0.05, 0.1) is 12.3 Å². The number of anilines is 1. The van der Waals surface area contributed by atoms with Crippen LogP contribution in [0.2, 0.25) is 5.02 Å². The topological polar surface area (TPSA) is 60.5 Å². The first-order chi connectivity index (χ1) is 9.70. The van der Waals surface area contributed by atoms with E-state index in [9.17, 15) is 4.79 Å². The van der Waals surface area contributed by atoms with E-state index in [4.69, 9.17) is 21.1 Å². The number of nitrogens with zero attached hydrogens (tertiary/aromatic N) is 1. The average Bonchev–Trinajstić information content (AvgIpc) is 2.95. The smallest absolute Gasteiger partial charge is 0.267 e. The second kappa shape index (κ2) is 7.23. The van der Waals surface area contributed by atoms with Crippen LogP contribution in [0.5, 0.6) is 5.75 Å². The third-order valence-electron chi connectivity index (χ3n) is 2.40. The van der Waals surface area contributed by atoms with E-state index >= 15 is 0 Å². The predicted octanol–water partition coefficient (Wildman–Crippen LogP) is 3.07. The highest BCUT2D eigenvalue weighted by molar-refractivity contribution is 7.08. The second-order valence-corrected chi connectivity index (χ2v) is 5.08. The van der Waals surface area contributed by atoms with Gasteiger partial charge in [-0.2, -0.15) is 0 Å². The molecule has 1 amide bonds. The number of carbonyl (C=O) groups is 1. The third-order valence-corrected chi connectivity index (χ3v) is 3.38. The Labute approximate surface area is 125 Å². The molecule has 2 aromatic rings. The number of ether oxygens (including phenoxy) is 2. The molecular formula is C13H13ClN2O3S. The molecule has 0 bridgehead atoms. The highest BCUT2D eigenvalue weighted by Crippen LogP contribution is 2.28. The third kappa shape index (κ3) is 3.93. The zero-order valence-electron chi connectivity index (χ0n) is 10.8. The number of carbonyl (C=O) groups excluding carboxylic acids is 1. The summed E-state index contributed by atoms with van der Waals surface area (Å²) in [5.74, 6) is 0.302. The maximum absolute atomic E-state index is 12.0. The van der Waals surface area contributed by atoms with Crippen molar-refractivity contribution in [1.29, 1.82) is 0 Å². The molecule has 1 N–H and O–H groups in total. The summed E-state index contributed by atoms with van der Waals surface area (Å²) < 4.78 is 14.4. The van der Waals surface area contributed by atoms with Gasteiger partial charge in [0.2, 0.25) is 0 Å². The Morgan fingerprint density at radius 3 is 2.95 bits per heavy atom. The molecule has 0 unspecified atom stereocenters. The van der Waals surface area contributed by atoms with Gasteiger partial charge in [-0.3, -0.25) is 4.79 Å². The van der Waals surface area contributed by atoms with Gasteiger partial charge >= 0.3 is 0 Å². The van der Waals surface area contributed by atoms with Gasteiger partial charge in [-0.25, -0.2) is 4.37 Å². The molecular weight excluding hydrogens is 300 g/mol. The molecule has 2 rings (SSSR count). The molecule has 0 aliphatic carbocycles. The summed E-state index contributed by atoms with van der Waals surface area (Å²) in [7, 11) is 1.59. The summed E-state index contributed by atoms with van der Waals surface area (Å²) in [5.41, 5.74) is 0.520. The second-order valence-electron chi connectivity index (χ2n) is 3.81. The molecule has 1 heterocycles. The maximum Gasteiger partial charge on any atom is 0.267 e. The molecule has 0 aliphatic rings. The monoisotopic (exact) mass is 312 g/mol. The number of rotatable bonds is 6. The minimum Gasteiger partial charge on any atom is -0.489 e. The first-order valence-corrected chi connectivity index (χ1v) is 6.99. The zero-order valence-corrected chi connectivity index (χ0v) is 12.3. The van der Waals surface area contributed by atoms with Crippen LogP contribution >= 0.6 is 23.1 Å². The van der Waals surface area contributed by atoms with Crippen molar-refractivity contribution < 1.29 is 14.3 Å². The van der Waals surface area contributed by atoms with Crippen LogP contribution in [-0.4, -0.2) is 30.6 Å². The van der Waals surface area contributed by atoms with Crippen LogP contribution in [0.4, 0.5) is 5.69 Å². The number of hydrogen-bond donors (Lipinski definition) is 1. The molecule has 0 aliphatic heterocycles. The molecule has 106 valence electrons. The molecule has 0 atom stereocenters. The van der Waals surface area contributed by atoms with E-state index in [1.165, 1.54) is 0 Å². The molecule has 0 fully saturated rings. The zero-order chi connectivity index (χ0) is 14.4. The van der Waals surface area contributed by atoms with Crippen molar-refractivity contribution in [2.24, 2.45) is 0 Å². The summed E-state index contributed by atoms with van der Waals surface area (Å²) in [6.07, 6.45) is 1.58. The highest BCUT2D eigenvalue weighted by atomic mass is 35.5. The molecule has 0 radical (unpaired) electrons. The van der Waals surface area contributed by atoms with Crippen molar-refractivity contribution in [2.75, 3.05) is 25.6 Å². The van der Waals surface area contributed by atoms with Crippen LogP contribution < -0.4 is 10.1 Å². The van der Waals surface area contributed by atoms with Gasteiger partial charge in [-0.05, 0) is 35.8 Å². The maximum atomic E-state index is 12.0. The van der Waals surface area contributed by atoms with E-state index < -0.39 is 0 Å². The van der Waals surface area contributed by atoms with Gasteiger partial charge in [-0.15, -0.1) is 0 Å². The predicted molar refractivity (Wildman–Crippen MR) is 78.9 cm³/mol. The minimum absolute atomic E-state index is 0.244. The highest BCUT2D eigenvalue weighted by Gasteiger charge is 2.12. The molecule has 1 aromatic carbocycles. The van der Waals surface area contributed by atoms with Crippen LogP contribution in [0.15, 0.2) is 30.5 Å². The standard InChI is InChI=1S/C13H13ClN2O3S/c1-18-6-7-19-11-3-2-9(14)8-10(11)16-13(17)12-4-5-15-20-12/h2-5,8H,6-7H2,1H3,(H,16,17). The number of aromatic nitrogens is 1. The Hall–Kier alpha value is -1.63. The average molecular weight is 313 g/mol. The number of amides is 1. The fraction of sp³-hybridized carbons (Fsp3) is 0.231. The van der Waals surface area contributed by atoms with Gasteiger partial charge in [0, 0.05) is 18.3 Å². The summed E-state index contributed by atoms with van der Waals surface area (Å²) >= 11 is 7.07. The summed E-state index contributed by atoms with van der Waals surface area (Å²) in [5, 5.41) is 3.28. The number of hydrogen-bond acceptors (Lipinski definition) is 5. The number of halogens is 1. The lowest BCUT2D eigenvalue weighted by Crippen LogP contribution is -2.12. The lowest BCUT2D eigenvalue weighted by atomic mass is 10.3. The van der Waals surface area contributed by atoms with Crippen LogP contribution in [0.1, 0.15) is 9.67 Å². The van der Waals surface area contributed by atoms with E-state index in [2.05, 4.69) is 9.69 Å². The van der Waals surface area contributed by atoms with Gasteiger partial charge < -0.3 is 14.8 Å². The van der Waals surface area contributed by atoms with Crippen LogP contribution in [0.25, 0.3) is 0 Å². The fourth-order valence-corrected chi connectivity index (χ4v) is 2.14. The summed E-state index contributed by atoms with van der Waals surface area (Å²) in [4.78, 5) is 12.5. The van der Waals surface area contributed by atoms with Crippen molar-refractivity contribution >= 4 is 34.7 Å². The summed E-state index contributed by atoms with van der Waals surface area (Å²) in [6, 6.07) is 6.70. The lowest BCUT2D eigenvalue weighted by Gasteiger charge is -2.12. The largest absolute Gasteiger partial charge is 0.489 e. The molecule has 0 saturated carbocycles. The molecule has 7 heteroatoms. The van der Waals surface area contributed by atoms with Gasteiger partial charge in [-0.1, -0.05) is 11.6 Å². The van der Waals surface area contributed by atoms with E-state index in [1.807, 2.05) is 0 Å². The lowest BCUT2D eigenvalue weighted by molar-refractivity contribution is 0.102. The van der Waals surface area contributed by atoms with Crippen molar-refractivity contribution in [3.05, 3.63) is 40.4 Å². The quantitative estimate of drug-likeness (QED) is 0.833. The Morgan fingerprint density at radius 2 is 2.25 bits per heavy atom. The van der Waals surface area contributed by atoms with Crippen molar-refractivity contribution in [3.63, 3.8) is 0 Å². The number of methoxy groups -OCH3 is 1. The Bertz CT molecular complexity index is 575. The molecule has 20 heavy (non-hydrogen) atoms. The van der Waals surface area contributed by atoms with Crippen molar-refractivity contribution in [2.45, 2.75) is 0 Å². The first-order valence-electron chi connectivity index (χ1n) is 5.84. The fourth-order valence-electron chi connectivity index (χ4n) is 1.48. The Balaban J connectivity index is 2.12. The van der Waals surface area contributed by atoms with E-state index in [-0.39, 0.29) is 5.91 Å². The first kappa shape index (κ1) is 14.8. The molecule has 1 aromatic heterocycles. The van der Waals surface area contributed by atoms with E-state index in [0.717, 1.165) is 11.5 Å². The van der Waals surface area contributed by atoms with Gasteiger partial charge in [0.25, 0.3) is 5.91 Å². The van der Waals surface area contributed by atoms with Crippen molar-refractivity contribution in [3.8, 4) is 5.75 Å². The van der Waals surface area contributed by atoms with Crippen LogP contribution in [0.3, 0.4) is 0 Å². The Morgan fingerprint density at radius 1 is 1.40 bits per heavy atom. The van der Waals surface area contributed by atoms with Crippen LogP contribution in [0, 0.1) is 0 Å². The molecule has 0 spiro atoms. The van der Waals surface area contributed by atoms with Gasteiger partial charge in [0.1, 0.15) is 17.2 Å². The Kier molecular flexibility index (Phi) is 5.34. The number of benzene rings is 1. The van der Waals surface area contributed by atoms with Crippen molar-refractivity contribution in [1.82, 2.24) is 4.37 Å². The van der Waals surface area contributed by atoms with E-state index in [0.29, 0.717) is 34.6 Å². The SMILES string of the molecule is COCCOc1ccc(Cl)cc1NC(=O)c1ccns1. The molecule has 0 saturated heterocycles. The molecule has 5 nitrogen and oxygen atoms in total.